The normalized spacial score (nSPS) is 13.6. The van der Waals surface area contributed by atoms with Crippen molar-refractivity contribution >= 4 is 0 Å². The minimum Gasteiger partial charge on any atom is -0.396 e. The Balaban J connectivity index is 2.56. The van der Waals surface area contributed by atoms with E-state index in [1.807, 2.05) is 13.2 Å². The third-order valence-electron chi connectivity index (χ3n) is 2.30. The molecule has 1 aromatic heterocycles. The van der Waals surface area contributed by atoms with Crippen LogP contribution in [-0.4, -0.2) is 26.7 Å². The molecule has 0 saturated carbocycles. The van der Waals surface area contributed by atoms with Crippen molar-refractivity contribution in [3.05, 3.63) is 11.9 Å². The maximum Gasteiger partial charge on any atom is 0.0830 e. The smallest absolute Gasteiger partial charge is 0.0830 e. The Hall–Kier alpha value is -0.900. The lowest BCUT2D eigenvalue weighted by atomic mass is 9.92. The monoisotopic (exact) mass is 183 g/mol. The number of aliphatic hydroxyl groups excluding tert-OH is 1. The molecule has 0 amide bonds. The molecule has 13 heavy (non-hydrogen) atoms. The zero-order chi connectivity index (χ0) is 9.84. The van der Waals surface area contributed by atoms with Gasteiger partial charge in [0.15, 0.2) is 0 Å². The highest BCUT2D eigenvalue weighted by Crippen LogP contribution is 2.14. The van der Waals surface area contributed by atoms with Crippen LogP contribution in [0.15, 0.2) is 6.20 Å². The predicted octanol–water partition coefficient (Wildman–Crippen LogP) is 0.622. The molecule has 0 spiro atoms. The van der Waals surface area contributed by atoms with Crippen LogP contribution in [0.5, 0.6) is 0 Å². The van der Waals surface area contributed by atoms with Crippen molar-refractivity contribution in [3.63, 3.8) is 0 Å². The van der Waals surface area contributed by atoms with Gasteiger partial charge >= 0.3 is 0 Å². The standard InChI is InChI=1S/C9H17N3O/c1-7(2)8(6-13)4-9-5-12(3)11-10-9/h5,7-8,13H,4,6H2,1-3H3. The SMILES string of the molecule is CC(C)C(CO)Cc1cn(C)nn1. The quantitative estimate of drug-likeness (QED) is 0.744. The molecule has 74 valence electrons. The van der Waals surface area contributed by atoms with Gasteiger partial charge in [-0.2, -0.15) is 0 Å². The second kappa shape index (κ2) is 4.37. The molecule has 1 heterocycles. The van der Waals surface area contributed by atoms with E-state index in [1.165, 1.54) is 0 Å². The minimum absolute atomic E-state index is 0.217. The molecule has 0 aliphatic carbocycles. The average molecular weight is 183 g/mol. The molecule has 0 saturated heterocycles. The van der Waals surface area contributed by atoms with Gasteiger partial charge in [0.2, 0.25) is 0 Å². The lowest BCUT2D eigenvalue weighted by Gasteiger charge is -2.15. The summed E-state index contributed by atoms with van der Waals surface area (Å²) in [6, 6.07) is 0. The van der Waals surface area contributed by atoms with Gasteiger partial charge in [0, 0.05) is 19.9 Å². The molecule has 0 aliphatic heterocycles. The molecule has 0 fully saturated rings. The first-order valence-electron chi connectivity index (χ1n) is 4.59. The largest absolute Gasteiger partial charge is 0.396 e. The van der Waals surface area contributed by atoms with Gasteiger partial charge < -0.3 is 5.11 Å². The van der Waals surface area contributed by atoms with Crippen LogP contribution in [0.1, 0.15) is 19.5 Å². The van der Waals surface area contributed by atoms with Crippen LogP contribution in [0.2, 0.25) is 0 Å². The first-order valence-corrected chi connectivity index (χ1v) is 4.59. The van der Waals surface area contributed by atoms with Crippen molar-refractivity contribution in [2.24, 2.45) is 18.9 Å². The summed E-state index contributed by atoms with van der Waals surface area (Å²) < 4.78 is 1.68. The Bertz CT molecular complexity index is 257. The molecule has 0 aromatic carbocycles. The van der Waals surface area contributed by atoms with E-state index < -0.39 is 0 Å². The van der Waals surface area contributed by atoms with Gasteiger partial charge in [-0.05, 0) is 18.3 Å². The van der Waals surface area contributed by atoms with Crippen molar-refractivity contribution in [1.29, 1.82) is 0 Å². The second-order valence-electron chi connectivity index (χ2n) is 3.77. The maximum absolute atomic E-state index is 9.11. The molecule has 1 atom stereocenters. The fraction of sp³-hybridized carbons (Fsp3) is 0.778. The van der Waals surface area contributed by atoms with Crippen LogP contribution in [-0.2, 0) is 13.5 Å². The molecule has 0 bridgehead atoms. The zero-order valence-electron chi connectivity index (χ0n) is 8.44. The highest BCUT2D eigenvalue weighted by molar-refractivity contribution is 4.94. The van der Waals surface area contributed by atoms with E-state index in [4.69, 9.17) is 5.11 Å². The van der Waals surface area contributed by atoms with Crippen LogP contribution in [0.25, 0.3) is 0 Å². The lowest BCUT2D eigenvalue weighted by Crippen LogP contribution is -2.16. The third-order valence-corrected chi connectivity index (χ3v) is 2.30. The second-order valence-corrected chi connectivity index (χ2v) is 3.77. The number of rotatable bonds is 4. The summed E-state index contributed by atoms with van der Waals surface area (Å²) in [5.41, 5.74) is 0.954. The summed E-state index contributed by atoms with van der Waals surface area (Å²) in [7, 11) is 1.85. The highest BCUT2D eigenvalue weighted by atomic mass is 16.3. The van der Waals surface area contributed by atoms with Crippen LogP contribution in [0, 0.1) is 11.8 Å². The molecule has 1 aromatic rings. The fourth-order valence-electron chi connectivity index (χ4n) is 1.27. The van der Waals surface area contributed by atoms with Gasteiger partial charge in [-0.3, -0.25) is 4.68 Å². The Morgan fingerprint density at radius 1 is 1.54 bits per heavy atom. The summed E-state index contributed by atoms with van der Waals surface area (Å²) in [5.74, 6) is 0.767. The molecule has 4 nitrogen and oxygen atoms in total. The van der Waals surface area contributed by atoms with Crippen LogP contribution < -0.4 is 0 Å². The molecule has 1 unspecified atom stereocenters. The Kier molecular flexibility index (Phi) is 3.42. The Morgan fingerprint density at radius 2 is 2.23 bits per heavy atom. The van der Waals surface area contributed by atoms with Crippen molar-refractivity contribution in [3.8, 4) is 0 Å². The van der Waals surface area contributed by atoms with E-state index in [0.717, 1.165) is 12.1 Å². The first-order chi connectivity index (χ1) is 6.13. The topological polar surface area (TPSA) is 50.9 Å². The maximum atomic E-state index is 9.11. The Labute approximate surface area is 78.6 Å². The summed E-state index contributed by atoms with van der Waals surface area (Å²) in [6.07, 6.45) is 2.70. The fourth-order valence-corrected chi connectivity index (χ4v) is 1.27. The third kappa shape index (κ3) is 2.81. The first kappa shape index (κ1) is 10.2. The van der Waals surface area contributed by atoms with E-state index in [9.17, 15) is 0 Å². The molecule has 1 rings (SSSR count). The molecular weight excluding hydrogens is 166 g/mol. The summed E-state index contributed by atoms with van der Waals surface area (Å²) >= 11 is 0. The number of hydrogen-bond donors (Lipinski definition) is 1. The van der Waals surface area contributed by atoms with Gasteiger partial charge in [-0.1, -0.05) is 19.1 Å². The number of aliphatic hydroxyl groups is 1. The van der Waals surface area contributed by atoms with Gasteiger partial charge in [-0.25, -0.2) is 0 Å². The molecule has 1 N–H and O–H groups in total. The molecule has 4 heteroatoms. The zero-order valence-corrected chi connectivity index (χ0v) is 8.44. The number of aryl methyl sites for hydroxylation is 1. The van der Waals surface area contributed by atoms with E-state index in [0.29, 0.717) is 5.92 Å². The number of aromatic nitrogens is 3. The van der Waals surface area contributed by atoms with Crippen LogP contribution in [0.4, 0.5) is 0 Å². The Morgan fingerprint density at radius 3 is 2.62 bits per heavy atom. The summed E-state index contributed by atoms with van der Waals surface area (Å²) in [4.78, 5) is 0. The van der Waals surface area contributed by atoms with E-state index in [1.54, 1.807) is 4.68 Å². The van der Waals surface area contributed by atoms with Gasteiger partial charge in [0.25, 0.3) is 0 Å². The van der Waals surface area contributed by atoms with Crippen molar-refractivity contribution in [2.75, 3.05) is 6.61 Å². The number of hydrogen-bond acceptors (Lipinski definition) is 3. The van der Waals surface area contributed by atoms with E-state index in [2.05, 4.69) is 24.2 Å². The van der Waals surface area contributed by atoms with E-state index in [-0.39, 0.29) is 12.5 Å². The van der Waals surface area contributed by atoms with Crippen molar-refractivity contribution in [1.82, 2.24) is 15.0 Å². The number of nitrogens with zero attached hydrogens (tertiary/aromatic N) is 3. The van der Waals surface area contributed by atoms with Gasteiger partial charge in [0.1, 0.15) is 0 Å². The van der Waals surface area contributed by atoms with Crippen molar-refractivity contribution < 1.29 is 5.11 Å². The predicted molar refractivity (Wildman–Crippen MR) is 50.1 cm³/mol. The van der Waals surface area contributed by atoms with Crippen LogP contribution in [0.3, 0.4) is 0 Å². The van der Waals surface area contributed by atoms with E-state index >= 15 is 0 Å². The van der Waals surface area contributed by atoms with Gasteiger partial charge in [-0.15, -0.1) is 5.10 Å². The summed E-state index contributed by atoms with van der Waals surface area (Å²) in [6.45, 7) is 4.43. The minimum atomic E-state index is 0.217. The molecular formula is C9H17N3O. The van der Waals surface area contributed by atoms with Crippen molar-refractivity contribution in [2.45, 2.75) is 20.3 Å². The van der Waals surface area contributed by atoms with Crippen LogP contribution >= 0.6 is 0 Å². The molecule has 0 aliphatic rings. The molecule has 0 radical (unpaired) electrons. The average Bonchev–Trinajstić information content (AvgIpc) is 2.46. The lowest BCUT2D eigenvalue weighted by molar-refractivity contribution is 0.188. The summed E-state index contributed by atoms with van der Waals surface area (Å²) in [5, 5.41) is 16.9. The highest BCUT2D eigenvalue weighted by Gasteiger charge is 2.14. The van der Waals surface area contributed by atoms with Gasteiger partial charge in [0.05, 0.1) is 5.69 Å².